The monoisotopic (exact) mass is 447 g/mol. The molecule has 10 nitrogen and oxygen atoms in total. The number of aryl methyl sites for hydroxylation is 1. The van der Waals surface area contributed by atoms with Crippen LogP contribution in [0.1, 0.15) is 36.3 Å². The van der Waals surface area contributed by atoms with Crippen LogP contribution in [-0.2, 0) is 16.0 Å². The van der Waals surface area contributed by atoms with Gasteiger partial charge in [0, 0.05) is 0 Å². The predicted octanol–water partition coefficient (Wildman–Crippen LogP) is 1.51. The zero-order chi connectivity index (χ0) is 21.5. The van der Waals surface area contributed by atoms with Gasteiger partial charge in [-0.1, -0.05) is 24.3 Å². The molecule has 3 unspecified atom stereocenters. The van der Waals surface area contributed by atoms with Crippen LogP contribution in [0, 0.1) is 0 Å². The van der Waals surface area contributed by atoms with Gasteiger partial charge in [-0.05, 0) is 42.0 Å². The SMILES string of the molecule is OC[C@H]1O[C@@H](n2cnc3c(NOC4CCCc5ccccc54)nc(Cl)nc32)C(O)C1O. The van der Waals surface area contributed by atoms with Crippen molar-refractivity contribution in [2.45, 2.75) is 49.9 Å². The highest BCUT2D eigenvalue weighted by molar-refractivity contribution is 6.28. The molecule has 0 amide bonds. The van der Waals surface area contributed by atoms with E-state index in [9.17, 15) is 15.3 Å². The number of rotatable bonds is 5. The Bertz CT molecular complexity index is 1100. The first kappa shape index (κ1) is 20.6. The van der Waals surface area contributed by atoms with E-state index in [0.29, 0.717) is 11.2 Å². The summed E-state index contributed by atoms with van der Waals surface area (Å²) in [6, 6.07) is 8.17. The van der Waals surface area contributed by atoms with Crippen LogP contribution < -0.4 is 5.48 Å². The number of aromatic nitrogens is 4. The van der Waals surface area contributed by atoms with Gasteiger partial charge < -0.3 is 20.1 Å². The molecule has 2 aromatic heterocycles. The third kappa shape index (κ3) is 3.65. The number of imidazole rings is 1. The van der Waals surface area contributed by atoms with Crippen molar-refractivity contribution >= 4 is 28.6 Å². The maximum absolute atomic E-state index is 10.3. The fraction of sp³-hybridized carbons (Fsp3) is 0.450. The zero-order valence-corrected chi connectivity index (χ0v) is 17.2. The molecule has 4 N–H and O–H groups in total. The van der Waals surface area contributed by atoms with Crippen LogP contribution in [0.5, 0.6) is 0 Å². The molecule has 0 bridgehead atoms. The lowest BCUT2D eigenvalue weighted by atomic mass is 9.90. The number of aliphatic hydroxyl groups excluding tert-OH is 3. The summed E-state index contributed by atoms with van der Waals surface area (Å²) in [6.45, 7) is -0.430. The number of benzene rings is 1. The Balaban J connectivity index is 1.42. The molecule has 0 radical (unpaired) electrons. The highest BCUT2D eigenvalue weighted by Crippen LogP contribution is 2.35. The third-order valence-corrected chi connectivity index (χ3v) is 5.97. The molecule has 164 valence electrons. The minimum Gasteiger partial charge on any atom is -0.394 e. The van der Waals surface area contributed by atoms with Crippen molar-refractivity contribution in [3.8, 4) is 0 Å². The Morgan fingerprint density at radius 1 is 1.23 bits per heavy atom. The second-order valence-corrected chi connectivity index (χ2v) is 8.03. The van der Waals surface area contributed by atoms with Gasteiger partial charge in [-0.2, -0.15) is 9.97 Å². The summed E-state index contributed by atoms with van der Waals surface area (Å²) in [5.41, 5.74) is 5.94. The molecule has 0 saturated carbocycles. The summed E-state index contributed by atoms with van der Waals surface area (Å²) in [4.78, 5) is 18.7. The van der Waals surface area contributed by atoms with Gasteiger partial charge in [0.2, 0.25) is 5.28 Å². The van der Waals surface area contributed by atoms with Gasteiger partial charge in [-0.15, -0.1) is 0 Å². The van der Waals surface area contributed by atoms with Crippen molar-refractivity contribution in [2.24, 2.45) is 0 Å². The Morgan fingerprint density at radius 3 is 2.87 bits per heavy atom. The van der Waals surface area contributed by atoms with E-state index in [1.54, 1.807) is 0 Å². The first-order valence-electron chi connectivity index (χ1n) is 10.1. The van der Waals surface area contributed by atoms with Crippen molar-refractivity contribution in [1.82, 2.24) is 19.5 Å². The molecular weight excluding hydrogens is 426 g/mol. The van der Waals surface area contributed by atoms with Crippen LogP contribution in [0.15, 0.2) is 30.6 Å². The first-order chi connectivity index (χ1) is 15.1. The molecule has 3 aromatic rings. The van der Waals surface area contributed by atoms with Crippen molar-refractivity contribution in [3.05, 3.63) is 47.0 Å². The number of anilines is 1. The van der Waals surface area contributed by atoms with Gasteiger partial charge in [0.25, 0.3) is 0 Å². The number of halogens is 1. The number of ether oxygens (including phenoxy) is 1. The number of nitrogens with zero attached hydrogens (tertiary/aromatic N) is 4. The van der Waals surface area contributed by atoms with E-state index in [1.807, 2.05) is 12.1 Å². The van der Waals surface area contributed by atoms with Gasteiger partial charge in [-0.25, -0.2) is 10.5 Å². The second-order valence-electron chi connectivity index (χ2n) is 7.69. The molecule has 1 aromatic carbocycles. The molecule has 5 rings (SSSR count). The topological polar surface area (TPSA) is 135 Å². The van der Waals surface area contributed by atoms with E-state index >= 15 is 0 Å². The van der Waals surface area contributed by atoms with E-state index < -0.39 is 31.1 Å². The lowest BCUT2D eigenvalue weighted by Gasteiger charge is -2.25. The molecule has 1 aliphatic carbocycles. The minimum atomic E-state index is -1.27. The van der Waals surface area contributed by atoms with Crippen molar-refractivity contribution in [2.75, 3.05) is 12.1 Å². The number of aliphatic hydroxyl groups is 3. The summed E-state index contributed by atoms with van der Waals surface area (Å²) in [7, 11) is 0. The van der Waals surface area contributed by atoms with E-state index in [-0.39, 0.29) is 17.2 Å². The Morgan fingerprint density at radius 2 is 2.06 bits per heavy atom. The van der Waals surface area contributed by atoms with Gasteiger partial charge in [0.15, 0.2) is 23.2 Å². The Hall–Kier alpha value is -2.34. The lowest BCUT2D eigenvalue weighted by Crippen LogP contribution is -2.33. The maximum atomic E-state index is 10.3. The van der Waals surface area contributed by atoms with Gasteiger partial charge in [0.1, 0.15) is 24.4 Å². The average Bonchev–Trinajstić information content (AvgIpc) is 3.32. The molecule has 11 heteroatoms. The quantitative estimate of drug-likeness (QED) is 0.339. The maximum Gasteiger partial charge on any atom is 0.226 e. The highest BCUT2D eigenvalue weighted by atomic mass is 35.5. The minimum absolute atomic E-state index is 0.0452. The van der Waals surface area contributed by atoms with Gasteiger partial charge >= 0.3 is 0 Å². The standard InChI is InChI=1S/C20H22ClN5O5/c21-20-23-17(25-31-12-7-3-5-10-4-1-2-6-11(10)12)14-18(24-20)26(9-22-14)19-16(29)15(28)13(8-27)30-19/h1-2,4,6,9,12-13,15-16,19,27-29H,3,5,7-8H2,(H,23,24,25)/t12?,13-,15?,16?,19-/m1/s1. The normalized spacial score (nSPS) is 28.1. The van der Waals surface area contributed by atoms with Gasteiger partial charge in [0.05, 0.1) is 12.9 Å². The molecule has 1 fully saturated rings. The van der Waals surface area contributed by atoms with E-state index in [0.717, 1.165) is 24.8 Å². The molecule has 1 aliphatic heterocycles. The summed E-state index contributed by atoms with van der Waals surface area (Å²) in [5.74, 6) is 0.281. The summed E-state index contributed by atoms with van der Waals surface area (Å²) < 4.78 is 7.03. The van der Waals surface area contributed by atoms with Crippen molar-refractivity contribution < 1.29 is 24.9 Å². The largest absolute Gasteiger partial charge is 0.394 e. The molecule has 31 heavy (non-hydrogen) atoms. The van der Waals surface area contributed by atoms with Gasteiger partial charge in [-0.3, -0.25) is 9.40 Å². The number of hydrogen-bond acceptors (Lipinski definition) is 9. The van der Waals surface area contributed by atoms with Crippen LogP contribution >= 0.6 is 11.6 Å². The van der Waals surface area contributed by atoms with Crippen molar-refractivity contribution in [3.63, 3.8) is 0 Å². The Labute approximate surface area is 182 Å². The fourth-order valence-corrected chi connectivity index (χ4v) is 4.38. The molecular formula is C20H22ClN5O5. The highest BCUT2D eigenvalue weighted by Gasteiger charge is 2.44. The molecule has 3 heterocycles. The summed E-state index contributed by atoms with van der Waals surface area (Å²) in [6.07, 6.45) is -0.232. The number of fused-ring (bicyclic) bond motifs is 2. The smallest absolute Gasteiger partial charge is 0.226 e. The molecule has 0 spiro atoms. The molecule has 2 aliphatic rings. The second kappa shape index (κ2) is 8.30. The van der Waals surface area contributed by atoms with E-state index in [4.69, 9.17) is 21.2 Å². The predicted molar refractivity (Wildman–Crippen MR) is 110 cm³/mol. The third-order valence-electron chi connectivity index (χ3n) is 5.80. The fourth-order valence-electron chi connectivity index (χ4n) is 4.22. The van der Waals surface area contributed by atoms with Crippen LogP contribution in [-0.4, -0.2) is 59.8 Å². The number of nitrogens with one attached hydrogen (secondary N) is 1. The van der Waals surface area contributed by atoms with Crippen LogP contribution in [0.3, 0.4) is 0 Å². The number of hydrogen-bond donors (Lipinski definition) is 4. The van der Waals surface area contributed by atoms with Crippen LogP contribution in [0.25, 0.3) is 11.2 Å². The average molecular weight is 448 g/mol. The summed E-state index contributed by atoms with van der Waals surface area (Å²) >= 11 is 6.13. The van der Waals surface area contributed by atoms with Crippen LogP contribution in [0.2, 0.25) is 5.28 Å². The summed E-state index contributed by atoms with van der Waals surface area (Å²) in [5, 5.41) is 29.7. The van der Waals surface area contributed by atoms with E-state index in [2.05, 4.69) is 32.6 Å². The molecule has 1 saturated heterocycles. The van der Waals surface area contributed by atoms with Crippen molar-refractivity contribution in [1.29, 1.82) is 0 Å². The van der Waals surface area contributed by atoms with E-state index in [1.165, 1.54) is 16.5 Å². The first-order valence-corrected chi connectivity index (χ1v) is 10.5. The van der Waals surface area contributed by atoms with Crippen LogP contribution in [0.4, 0.5) is 5.82 Å². The Kier molecular flexibility index (Phi) is 5.51. The zero-order valence-electron chi connectivity index (χ0n) is 16.4. The lowest BCUT2D eigenvalue weighted by molar-refractivity contribution is -0.0511. The molecule has 5 atom stereocenters.